The van der Waals surface area contributed by atoms with Crippen LogP contribution in [0.2, 0.25) is 0 Å². The molecule has 0 aliphatic carbocycles. The quantitative estimate of drug-likeness (QED) is 0.752. The van der Waals surface area contributed by atoms with Gasteiger partial charge >= 0.3 is 18.4 Å². The summed E-state index contributed by atoms with van der Waals surface area (Å²) in [6, 6.07) is 7.57. The standard InChI is InChI=1S/C17H15F6N3O/c18-16(19,20)13-6-2-1-4-11(13)8-9-24-15(27)25-10-12-5-3-7-14(26-12)17(21,22)23/h1-7H,8-10H2,(H2,24,25,27). The van der Waals surface area contributed by atoms with Crippen molar-refractivity contribution in [2.45, 2.75) is 25.3 Å². The van der Waals surface area contributed by atoms with Crippen LogP contribution in [0, 0.1) is 0 Å². The zero-order valence-corrected chi connectivity index (χ0v) is 13.8. The van der Waals surface area contributed by atoms with Crippen LogP contribution < -0.4 is 10.6 Å². The van der Waals surface area contributed by atoms with Crippen molar-refractivity contribution >= 4 is 6.03 Å². The number of benzene rings is 1. The average Bonchev–Trinajstić information content (AvgIpc) is 2.59. The van der Waals surface area contributed by atoms with E-state index in [9.17, 15) is 31.1 Å². The van der Waals surface area contributed by atoms with E-state index < -0.39 is 29.6 Å². The van der Waals surface area contributed by atoms with E-state index in [1.54, 1.807) is 0 Å². The number of nitrogens with zero attached hydrogens (tertiary/aromatic N) is 1. The zero-order chi connectivity index (χ0) is 20.1. The number of pyridine rings is 1. The molecule has 2 aromatic rings. The lowest BCUT2D eigenvalue weighted by atomic mass is 10.0. The van der Waals surface area contributed by atoms with Gasteiger partial charge in [0.15, 0.2) is 0 Å². The number of halogens is 6. The molecule has 0 radical (unpaired) electrons. The third-order valence-electron chi connectivity index (χ3n) is 3.53. The molecule has 146 valence electrons. The van der Waals surface area contributed by atoms with E-state index in [1.807, 2.05) is 0 Å². The Balaban J connectivity index is 1.85. The minimum Gasteiger partial charge on any atom is -0.338 e. The lowest BCUT2D eigenvalue weighted by Crippen LogP contribution is -2.36. The first-order valence-electron chi connectivity index (χ1n) is 7.77. The topological polar surface area (TPSA) is 54.0 Å². The Kier molecular flexibility index (Phi) is 6.29. The molecule has 0 saturated carbocycles. The molecule has 0 saturated heterocycles. The van der Waals surface area contributed by atoms with Crippen molar-refractivity contribution in [2.75, 3.05) is 6.54 Å². The van der Waals surface area contributed by atoms with Crippen molar-refractivity contribution < 1.29 is 31.1 Å². The Morgan fingerprint density at radius 2 is 1.59 bits per heavy atom. The average molecular weight is 391 g/mol. The van der Waals surface area contributed by atoms with Gasteiger partial charge in [-0.2, -0.15) is 26.3 Å². The Labute approximate surface area is 150 Å². The smallest absolute Gasteiger partial charge is 0.338 e. The molecule has 1 aromatic heterocycles. The largest absolute Gasteiger partial charge is 0.433 e. The van der Waals surface area contributed by atoms with E-state index in [2.05, 4.69) is 15.6 Å². The van der Waals surface area contributed by atoms with Gasteiger partial charge < -0.3 is 10.6 Å². The normalized spacial score (nSPS) is 11.9. The highest BCUT2D eigenvalue weighted by Crippen LogP contribution is 2.32. The fourth-order valence-corrected chi connectivity index (χ4v) is 2.29. The monoisotopic (exact) mass is 391 g/mol. The first-order chi connectivity index (χ1) is 12.6. The molecule has 2 amide bonds. The fraction of sp³-hybridized carbons (Fsp3) is 0.294. The molecule has 2 rings (SSSR count). The molecule has 0 aliphatic heterocycles. The molecule has 0 atom stereocenters. The van der Waals surface area contributed by atoms with Gasteiger partial charge in [0.05, 0.1) is 17.8 Å². The Morgan fingerprint density at radius 1 is 0.889 bits per heavy atom. The molecule has 0 bridgehead atoms. The number of hydrogen-bond acceptors (Lipinski definition) is 2. The van der Waals surface area contributed by atoms with Crippen molar-refractivity contribution in [3.8, 4) is 0 Å². The number of rotatable bonds is 5. The van der Waals surface area contributed by atoms with Crippen LogP contribution in [-0.4, -0.2) is 17.6 Å². The van der Waals surface area contributed by atoms with Gasteiger partial charge in [-0.05, 0) is 30.2 Å². The van der Waals surface area contributed by atoms with E-state index in [0.717, 1.165) is 12.1 Å². The predicted molar refractivity (Wildman–Crippen MR) is 84.6 cm³/mol. The van der Waals surface area contributed by atoms with Gasteiger partial charge in [-0.3, -0.25) is 0 Å². The van der Waals surface area contributed by atoms with Gasteiger partial charge in [-0.1, -0.05) is 24.3 Å². The summed E-state index contributed by atoms with van der Waals surface area (Å²) < 4.78 is 76.3. The van der Waals surface area contributed by atoms with Gasteiger partial charge in [0.1, 0.15) is 5.69 Å². The van der Waals surface area contributed by atoms with Crippen LogP contribution in [-0.2, 0) is 25.3 Å². The van der Waals surface area contributed by atoms with Crippen molar-refractivity contribution in [1.82, 2.24) is 15.6 Å². The Morgan fingerprint density at radius 3 is 2.26 bits per heavy atom. The van der Waals surface area contributed by atoms with Crippen LogP contribution >= 0.6 is 0 Å². The number of hydrogen-bond donors (Lipinski definition) is 2. The van der Waals surface area contributed by atoms with Gasteiger partial charge in [0.25, 0.3) is 0 Å². The molecule has 1 heterocycles. The summed E-state index contributed by atoms with van der Waals surface area (Å²) in [6.07, 6.45) is -9.14. The third-order valence-corrected chi connectivity index (χ3v) is 3.53. The van der Waals surface area contributed by atoms with E-state index in [1.165, 1.54) is 30.3 Å². The Hall–Kier alpha value is -2.78. The highest BCUT2D eigenvalue weighted by molar-refractivity contribution is 5.73. The molecular weight excluding hydrogens is 376 g/mol. The summed E-state index contributed by atoms with van der Waals surface area (Å²) >= 11 is 0. The Bertz CT molecular complexity index is 789. The fourth-order valence-electron chi connectivity index (χ4n) is 2.29. The van der Waals surface area contributed by atoms with E-state index in [4.69, 9.17) is 0 Å². The molecule has 10 heteroatoms. The second-order valence-corrected chi connectivity index (χ2v) is 5.53. The van der Waals surface area contributed by atoms with Crippen LogP contribution in [0.3, 0.4) is 0 Å². The number of carbonyl (C=O) groups is 1. The molecular formula is C17H15F6N3O. The van der Waals surface area contributed by atoms with E-state index in [0.29, 0.717) is 0 Å². The van der Waals surface area contributed by atoms with Gasteiger partial charge in [0, 0.05) is 6.54 Å². The number of aromatic nitrogens is 1. The molecule has 0 unspecified atom stereocenters. The minimum atomic E-state index is -4.59. The summed E-state index contributed by atoms with van der Waals surface area (Å²) in [5.41, 5.74) is -1.82. The molecule has 27 heavy (non-hydrogen) atoms. The molecule has 0 spiro atoms. The van der Waals surface area contributed by atoms with E-state index >= 15 is 0 Å². The second kappa shape index (κ2) is 8.28. The summed E-state index contributed by atoms with van der Waals surface area (Å²) in [4.78, 5) is 15.1. The molecule has 0 aliphatic rings. The summed E-state index contributed by atoms with van der Waals surface area (Å²) in [5.74, 6) is 0. The minimum absolute atomic E-state index is 0.00221. The SMILES string of the molecule is O=C(NCCc1ccccc1C(F)(F)F)NCc1cccc(C(F)(F)F)n1. The molecule has 1 aromatic carbocycles. The first-order valence-corrected chi connectivity index (χ1v) is 7.77. The summed E-state index contributed by atoms with van der Waals surface area (Å²) in [6.45, 7) is -0.330. The third kappa shape index (κ3) is 6.15. The second-order valence-electron chi connectivity index (χ2n) is 5.53. The number of carbonyl (C=O) groups excluding carboxylic acids is 1. The maximum absolute atomic E-state index is 12.9. The molecule has 2 N–H and O–H groups in total. The number of nitrogens with one attached hydrogen (secondary N) is 2. The van der Waals surface area contributed by atoms with Crippen LogP contribution in [0.1, 0.15) is 22.5 Å². The van der Waals surface area contributed by atoms with Gasteiger partial charge in [-0.15, -0.1) is 0 Å². The van der Waals surface area contributed by atoms with Crippen LogP contribution in [0.4, 0.5) is 31.1 Å². The number of alkyl halides is 6. The number of urea groups is 1. The lowest BCUT2D eigenvalue weighted by molar-refractivity contribution is -0.141. The van der Waals surface area contributed by atoms with Crippen molar-refractivity contribution in [2.24, 2.45) is 0 Å². The van der Waals surface area contributed by atoms with Crippen molar-refractivity contribution in [1.29, 1.82) is 0 Å². The zero-order valence-electron chi connectivity index (χ0n) is 13.8. The highest BCUT2D eigenvalue weighted by atomic mass is 19.4. The van der Waals surface area contributed by atoms with Crippen molar-refractivity contribution in [3.05, 3.63) is 65.0 Å². The first kappa shape index (κ1) is 20.5. The van der Waals surface area contributed by atoms with Gasteiger partial charge in [0.2, 0.25) is 0 Å². The van der Waals surface area contributed by atoms with Gasteiger partial charge in [-0.25, -0.2) is 9.78 Å². The van der Waals surface area contributed by atoms with Crippen LogP contribution in [0.5, 0.6) is 0 Å². The van der Waals surface area contributed by atoms with E-state index in [-0.39, 0.29) is 30.8 Å². The lowest BCUT2D eigenvalue weighted by Gasteiger charge is -2.13. The maximum Gasteiger partial charge on any atom is 0.433 e. The van der Waals surface area contributed by atoms with Crippen LogP contribution in [0.25, 0.3) is 0 Å². The molecule has 4 nitrogen and oxygen atoms in total. The van der Waals surface area contributed by atoms with Crippen molar-refractivity contribution in [3.63, 3.8) is 0 Å². The predicted octanol–water partition coefficient (Wildman–Crippen LogP) is 4.16. The highest BCUT2D eigenvalue weighted by Gasteiger charge is 2.33. The number of amides is 2. The maximum atomic E-state index is 12.9. The summed E-state index contributed by atoms with van der Waals surface area (Å²) in [7, 11) is 0. The van der Waals surface area contributed by atoms with Crippen LogP contribution in [0.15, 0.2) is 42.5 Å². The summed E-state index contributed by atoms with van der Waals surface area (Å²) in [5, 5.41) is 4.66. The molecule has 0 fully saturated rings.